The maximum Gasteiger partial charge on any atom is 0.255 e. The Kier molecular flexibility index (Phi) is 4.53. The van der Waals surface area contributed by atoms with Crippen molar-refractivity contribution in [2.75, 3.05) is 7.05 Å². The lowest BCUT2D eigenvalue weighted by molar-refractivity contribution is 0.0758. The van der Waals surface area contributed by atoms with Crippen LogP contribution >= 0.6 is 22.9 Å². The summed E-state index contributed by atoms with van der Waals surface area (Å²) in [5, 5.41) is 3.61. The van der Waals surface area contributed by atoms with Crippen molar-refractivity contribution in [1.82, 2.24) is 9.88 Å². The first-order valence-electron chi connectivity index (χ1n) is 8.28. The molecule has 1 N–H and O–H groups in total. The molecule has 4 rings (SSSR count). The monoisotopic (exact) mass is 380 g/mol. The normalized spacial score (nSPS) is 12.2. The van der Waals surface area contributed by atoms with E-state index >= 15 is 0 Å². The number of fused-ring (bicyclic) bond motifs is 1. The van der Waals surface area contributed by atoms with Crippen molar-refractivity contribution in [1.29, 1.82) is 0 Å². The number of nitrogens with one attached hydrogen (secondary N) is 1. The molecule has 0 fully saturated rings. The Balaban J connectivity index is 1.82. The molecule has 0 saturated carbocycles. The maximum absolute atomic E-state index is 13.2. The summed E-state index contributed by atoms with van der Waals surface area (Å²) in [6.45, 7) is 0. The number of halogens is 1. The minimum absolute atomic E-state index is 0.0979. The summed E-state index contributed by atoms with van der Waals surface area (Å²) in [7, 11) is 1.83. The van der Waals surface area contributed by atoms with Crippen LogP contribution in [0.25, 0.3) is 10.9 Å². The van der Waals surface area contributed by atoms with Gasteiger partial charge in [0.1, 0.15) is 0 Å². The Hall–Kier alpha value is -2.56. The van der Waals surface area contributed by atoms with E-state index in [2.05, 4.69) is 17.1 Å². The third-order valence-electron chi connectivity index (χ3n) is 4.54. The largest absolute Gasteiger partial charge is 0.361 e. The van der Waals surface area contributed by atoms with Gasteiger partial charge in [-0.15, -0.1) is 11.3 Å². The van der Waals surface area contributed by atoms with Crippen molar-refractivity contribution in [2.24, 2.45) is 0 Å². The molecule has 4 aromatic rings. The zero-order valence-corrected chi connectivity index (χ0v) is 15.7. The van der Waals surface area contributed by atoms with Crippen LogP contribution in [0.15, 0.2) is 72.2 Å². The molecule has 0 spiro atoms. The first kappa shape index (κ1) is 16.9. The van der Waals surface area contributed by atoms with E-state index in [9.17, 15) is 4.79 Å². The van der Waals surface area contributed by atoms with E-state index in [0.29, 0.717) is 10.6 Å². The second kappa shape index (κ2) is 6.98. The summed E-state index contributed by atoms with van der Waals surface area (Å²) in [6.07, 6.45) is 1.99. The van der Waals surface area contributed by atoms with Gasteiger partial charge in [-0.1, -0.05) is 48.0 Å². The summed E-state index contributed by atoms with van der Waals surface area (Å²) in [4.78, 5) is 19.4. The van der Waals surface area contributed by atoms with E-state index in [1.807, 2.05) is 55.0 Å². The van der Waals surface area contributed by atoms with Crippen molar-refractivity contribution in [3.63, 3.8) is 0 Å². The van der Waals surface area contributed by atoms with E-state index in [0.717, 1.165) is 21.3 Å². The smallest absolute Gasteiger partial charge is 0.255 e. The van der Waals surface area contributed by atoms with Crippen LogP contribution in [0.4, 0.5) is 0 Å². The van der Waals surface area contributed by atoms with Crippen molar-refractivity contribution >= 4 is 39.7 Å². The van der Waals surface area contributed by atoms with Gasteiger partial charge in [0.2, 0.25) is 0 Å². The van der Waals surface area contributed by atoms with Crippen LogP contribution in [0.2, 0.25) is 5.02 Å². The molecule has 2 aromatic carbocycles. The molecule has 1 amide bonds. The minimum atomic E-state index is -0.185. The molecule has 1 atom stereocenters. The summed E-state index contributed by atoms with van der Waals surface area (Å²) >= 11 is 7.90. The fraction of sp³-hybridized carbons (Fsp3) is 0.0952. The van der Waals surface area contributed by atoms with Crippen LogP contribution in [-0.2, 0) is 0 Å². The Morgan fingerprint density at radius 3 is 2.62 bits per heavy atom. The van der Waals surface area contributed by atoms with E-state index in [1.54, 1.807) is 28.4 Å². The fourth-order valence-electron chi connectivity index (χ4n) is 3.26. The summed E-state index contributed by atoms with van der Waals surface area (Å²) in [5.41, 5.74) is 2.65. The molecular weight excluding hydrogens is 364 g/mol. The minimum Gasteiger partial charge on any atom is -0.361 e. The van der Waals surface area contributed by atoms with Crippen molar-refractivity contribution in [2.45, 2.75) is 6.04 Å². The highest BCUT2D eigenvalue weighted by Gasteiger charge is 2.28. The first-order chi connectivity index (χ1) is 12.7. The number of carbonyl (C=O) groups is 1. The van der Waals surface area contributed by atoms with Crippen LogP contribution < -0.4 is 0 Å². The van der Waals surface area contributed by atoms with Crippen LogP contribution in [0.1, 0.15) is 26.8 Å². The number of benzene rings is 2. The number of amides is 1. The van der Waals surface area contributed by atoms with E-state index in [1.165, 1.54) is 0 Å². The van der Waals surface area contributed by atoms with Gasteiger partial charge in [0.25, 0.3) is 5.91 Å². The molecule has 5 heteroatoms. The molecule has 0 aliphatic rings. The summed E-state index contributed by atoms with van der Waals surface area (Å²) < 4.78 is 0. The Labute approximate surface area is 160 Å². The first-order valence-corrected chi connectivity index (χ1v) is 9.53. The van der Waals surface area contributed by atoms with Gasteiger partial charge in [0, 0.05) is 34.6 Å². The van der Waals surface area contributed by atoms with E-state index in [4.69, 9.17) is 11.6 Å². The van der Waals surface area contributed by atoms with Crippen LogP contribution in [0.3, 0.4) is 0 Å². The number of rotatable bonds is 4. The van der Waals surface area contributed by atoms with Gasteiger partial charge < -0.3 is 9.88 Å². The van der Waals surface area contributed by atoms with Crippen molar-refractivity contribution < 1.29 is 4.79 Å². The molecule has 0 saturated heterocycles. The molecule has 3 nitrogen and oxygen atoms in total. The van der Waals surface area contributed by atoms with Crippen LogP contribution in [-0.4, -0.2) is 22.8 Å². The number of aromatic amines is 1. The molecule has 0 radical (unpaired) electrons. The second-order valence-corrected chi connectivity index (χ2v) is 7.49. The molecule has 2 heterocycles. The molecule has 130 valence electrons. The van der Waals surface area contributed by atoms with Gasteiger partial charge in [-0.3, -0.25) is 4.79 Å². The van der Waals surface area contributed by atoms with Gasteiger partial charge in [-0.2, -0.15) is 0 Å². The van der Waals surface area contributed by atoms with Gasteiger partial charge in [0.15, 0.2) is 0 Å². The number of nitrogens with zero attached hydrogens (tertiary/aromatic N) is 1. The molecule has 2 aromatic heterocycles. The predicted octanol–water partition coefficient (Wildman–Crippen LogP) is 5.74. The Morgan fingerprint density at radius 1 is 1.08 bits per heavy atom. The van der Waals surface area contributed by atoms with Crippen LogP contribution in [0, 0.1) is 0 Å². The van der Waals surface area contributed by atoms with Gasteiger partial charge in [-0.05, 0) is 29.6 Å². The van der Waals surface area contributed by atoms with E-state index < -0.39 is 0 Å². The highest BCUT2D eigenvalue weighted by atomic mass is 35.5. The van der Waals surface area contributed by atoms with Gasteiger partial charge in [-0.25, -0.2) is 0 Å². The lowest BCUT2D eigenvalue weighted by Crippen LogP contribution is -2.31. The second-order valence-electron chi connectivity index (χ2n) is 6.10. The molecule has 0 bridgehead atoms. The summed E-state index contributed by atoms with van der Waals surface area (Å²) in [6, 6.07) is 19.2. The molecule has 26 heavy (non-hydrogen) atoms. The number of para-hydroxylation sites is 1. The fourth-order valence-corrected chi connectivity index (χ4v) is 4.36. The number of carbonyl (C=O) groups excluding carboxylic acids is 1. The lowest BCUT2D eigenvalue weighted by atomic mass is 10.0. The Bertz CT molecular complexity index is 1050. The Morgan fingerprint density at radius 2 is 1.85 bits per heavy atom. The third kappa shape index (κ3) is 2.91. The van der Waals surface area contributed by atoms with Gasteiger partial charge in [0.05, 0.1) is 16.6 Å². The number of hydrogen-bond acceptors (Lipinski definition) is 2. The van der Waals surface area contributed by atoms with Crippen molar-refractivity contribution in [3.05, 3.63) is 93.3 Å². The number of H-pyrrole nitrogens is 1. The van der Waals surface area contributed by atoms with E-state index in [-0.39, 0.29) is 11.9 Å². The molecule has 0 aliphatic heterocycles. The lowest BCUT2D eigenvalue weighted by Gasteiger charge is -2.28. The molecule has 0 aliphatic carbocycles. The molecular formula is C21H17ClN2OS. The van der Waals surface area contributed by atoms with Crippen molar-refractivity contribution in [3.8, 4) is 0 Å². The summed E-state index contributed by atoms with van der Waals surface area (Å²) in [5.74, 6) is -0.0979. The quantitative estimate of drug-likeness (QED) is 0.481. The maximum atomic E-state index is 13.2. The number of hydrogen-bond donors (Lipinski definition) is 1. The van der Waals surface area contributed by atoms with Crippen LogP contribution in [0.5, 0.6) is 0 Å². The topological polar surface area (TPSA) is 36.1 Å². The highest BCUT2D eigenvalue weighted by Crippen LogP contribution is 2.36. The zero-order chi connectivity index (χ0) is 18.1. The zero-order valence-electron chi connectivity index (χ0n) is 14.1. The number of thiophene rings is 1. The SMILES string of the molecule is CN(C(=O)c1ccccc1Cl)C(c1cccs1)c1c[nH]c2ccccc12. The standard InChI is InChI=1S/C21H17ClN2OS/c1-24(21(25)15-8-2-4-9-17(15)22)20(19-11-6-12-26-19)16-13-23-18-10-5-3-7-14(16)18/h2-13,20,23H,1H3. The average Bonchev–Trinajstić information content (AvgIpc) is 3.33. The average molecular weight is 381 g/mol. The number of aromatic nitrogens is 1. The van der Waals surface area contributed by atoms with Gasteiger partial charge >= 0.3 is 0 Å². The third-order valence-corrected chi connectivity index (χ3v) is 5.79. The highest BCUT2D eigenvalue weighted by molar-refractivity contribution is 7.10. The molecule has 1 unspecified atom stereocenters. The predicted molar refractivity (Wildman–Crippen MR) is 108 cm³/mol.